The van der Waals surface area contributed by atoms with Gasteiger partial charge in [0.15, 0.2) is 5.13 Å². The van der Waals surface area contributed by atoms with Crippen molar-refractivity contribution in [1.29, 1.82) is 0 Å². The number of carbonyl (C=O) groups excluding carboxylic acids is 1. The zero-order chi connectivity index (χ0) is 16.6. The minimum atomic E-state index is -3.57. The van der Waals surface area contributed by atoms with Gasteiger partial charge in [0.25, 0.3) is 0 Å². The van der Waals surface area contributed by atoms with Gasteiger partial charge in [-0.25, -0.2) is 18.5 Å². The molecule has 0 radical (unpaired) electrons. The van der Waals surface area contributed by atoms with Crippen molar-refractivity contribution in [2.75, 3.05) is 22.9 Å². The Hall–Kier alpha value is -1.97. The lowest BCUT2D eigenvalue weighted by molar-refractivity contribution is -0.117. The van der Waals surface area contributed by atoms with Crippen LogP contribution >= 0.6 is 11.3 Å². The maximum atomic E-state index is 12.1. The first-order chi connectivity index (χ1) is 10.8. The van der Waals surface area contributed by atoms with Gasteiger partial charge in [-0.05, 0) is 12.1 Å². The van der Waals surface area contributed by atoms with Crippen molar-refractivity contribution in [2.24, 2.45) is 11.1 Å². The van der Waals surface area contributed by atoms with Crippen LogP contribution in [-0.2, 0) is 14.8 Å². The topological polar surface area (TPSA) is 119 Å². The highest BCUT2D eigenvalue weighted by Gasteiger charge is 2.32. The Morgan fingerprint density at radius 3 is 2.57 bits per heavy atom. The molecule has 122 valence electrons. The first-order valence-corrected chi connectivity index (χ1v) is 9.53. The Balaban J connectivity index is 1.76. The summed E-state index contributed by atoms with van der Waals surface area (Å²) < 4.78 is 22.3. The zero-order valence-corrected chi connectivity index (χ0v) is 13.8. The van der Waals surface area contributed by atoms with Crippen molar-refractivity contribution in [3.05, 3.63) is 29.6 Å². The number of anilines is 2. The van der Waals surface area contributed by atoms with Gasteiger partial charge in [-0.2, -0.15) is 0 Å². The Bertz CT molecular complexity index is 830. The number of benzene rings is 1. The van der Waals surface area contributed by atoms with E-state index >= 15 is 0 Å². The SMILES string of the molecule is Nc1nc(-c2ccc(N3CC(CS(N)(=O)=O)CC3=O)cc2)cs1. The molecule has 9 heteroatoms. The molecule has 1 atom stereocenters. The highest BCUT2D eigenvalue weighted by Crippen LogP contribution is 2.29. The summed E-state index contributed by atoms with van der Waals surface area (Å²) in [6.07, 6.45) is 0.195. The number of nitrogens with zero attached hydrogens (tertiary/aromatic N) is 2. The van der Waals surface area contributed by atoms with E-state index in [0.717, 1.165) is 16.9 Å². The number of carbonyl (C=O) groups is 1. The largest absolute Gasteiger partial charge is 0.375 e. The van der Waals surface area contributed by atoms with Gasteiger partial charge in [0.2, 0.25) is 15.9 Å². The Kier molecular flexibility index (Phi) is 4.09. The quantitative estimate of drug-likeness (QED) is 0.852. The van der Waals surface area contributed by atoms with Crippen LogP contribution in [0.3, 0.4) is 0 Å². The number of aromatic nitrogens is 1. The minimum Gasteiger partial charge on any atom is -0.375 e. The van der Waals surface area contributed by atoms with Crippen LogP contribution in [0.5, 0.6) is 0 Å². The molecular weight excluding hydrogens is 336 g/mol. The average Bonchev–Trinajstić information content (AvgIpc) is 3.03. The molecule has 1 amide bonds. The second-order valence-corrected chi connectivity index (χ2v) is 8.07. The van der Waals surface area contributed by atoms with Gasteiger partial charge in [-0.15, -0.1) is 11.3 Å². The number of rotatable bonds is 4. The van der Waals surface area contributed by atoms with Gasteiger partial charge in [0.1, 0.15) is 0 Å². The molecule has 1 saturated heterocycles. The van der Waals surface area contributed by atoms with Crippen molar-refractivity contribution in [3.8, 4) is 11.3 Å². The van der Waals surface area contributed by atoms with Crippen molar-refractivity contribution >= 4 is 38.1 Å². The third-order valence-electron chi connectivity index (χ3n) is 3.67. The maximum absolute atomic E-state index is 12.1. The molecule has 0 spiro atoms. The molecule has 1 aliphatic rings. The van der Waals surface area contributed by atoms with E-state index in [1.807, 2.05) is 29.6 Å². The second-order valence-electron chi connectivity index (χ2n) is 5.52. The Morgan fingerprint density at radius 1 is 1.30 bits per heavy atom. The standard InChI is InChI=1S/C14H16N4O3S2/c15-14-17-12(7-22-14)10-1-3-11(4-2-10)18-6-9(5-13(18)19)8-23(16,20)21/h1-4,7,9H,5-6,8H2,(H2,15,17)(H2,16,20,21). The van der Waals surface area contributed by atoms with E-state index < -0.39 is 10.0 Å². The normalized spacial score (nSPS) is 18.6. The molecule has 1 aliphatic heterocycles. The summed E-state index contributed by atoms with van der Waals surface area (Å²) in [6, 6.07) is 7.37. The van der Waals surface area contributed by atoms with E-state index in [1.165, 1.54) is 11.3 Å². The smallest absolute Gasteiger partial charge is 0.227 e. The predicted octanol–water partition coefficient (Wildman–Crippen LogP) is 1.03. The number of hydrogen-bond acceptors (Lipinski definition) is 6. The lowest BCUT2D eigenvalue weighted by atomic mass is 10.1. The molecule has 1 aromatic carbocycles. The van der Waals surface area contributed by atoms with Gasteiger partial charge >= 0.3 is 0 Å². The van der Waals surface area contributed by atoms with E-state index in [9.17, 15) is 13.2 Å². The van der Waals surface area contributed by atoms with Crippen LogP contribution in [0.2, 0.25) is 0 Å². The van der Waals surface area contributed by atoms with Crippen LogP contribution in [0.4, 0.5) is 10.8 Å². The Labute approximate surface area is 138 Å². The monoisotopic (exact) mass is 352 g/mol. The lowest BCUT2D eigenvalue weighted by Crippen LogP contribution is -2.27. The second kappa shape index (κ2) is 5.91. The van der Waals surface area contributed by atoms with E-state index in [2.05, 4.69) is 4.98 Å². The molecule has 2 aromatic rings. The third-order valence-corrected chi connectivity index (χ3v) is 5.28. The van der Waals surface area contributed by atoms with Crippen molar-refractivity contribution in [3.63, 3.8) is 0 Å². The van der Waals surface area contributed by atoms with Crippen LogP contribution in [0.15, 0.2) is 29.6 Å². The number of thiazole rings is 1. The highest BCUT2D eigenvalue weighted by molar-refractivity contribution is 7.89. The van der Waals surface area contributed by atoms with Crippen molar-refractivity contribution < 1.29 is 13.2 Å². The summed E-state index contributed by atoms with van der Waals surface area (Å²) in [5.74, 6) is -0.536. The summed E-state index contributed by atoms with van der Waals surface area (Å²) in [7, 11) is -3.57. The molecule has 0 saturated carbocycles. The summed E-state index contributed by atoms with van der Waals surface area (Å²) in [4.78, 5) is 17.9. The number of nitrogens with two attached hydrogens (primary N) is 2. The molecular formula is C14H16N4O3S2. The summed E-state index contributed by atoms with van der Waals surface area (Å²) in [6.45, 7) is 0.359. The molecule has 1 aromatic heterocycles. The Morgan fingerprint density at radius 2 is 2.00 bits per heavy atom. The predicted molar refractivity (Wildman–Crippen MR) is 90.4 cm³/mol. The number of amides is 1. The van der Waals surface area contributed by atoms with E-state index in [0.29, 0.717) is 11.7 Å². The van der Waals surface area contributed by atoms with Crippen LogP contribution in [0.25, 0.3) is 11.3 Å². The van der Waals surface area contributed by atoms with Crippen LogP contribution in [0.1, 0.15) is 6.42 Å². The fourth-order valence-electron chi connectivity index (χ4n) is 2.70. The molecule has 7 nitrogen and oxygen atoms in total. The van der Waals surface area contributed by atoms with E-state index in [1.54, 1.807) is 4.90 Å². The first kappa shape index (κ1) is 15.9. The van der Waals surface area contributed by atoms with Gasteiger partial charge in [0.05, 0.1) is 11.4 Å². The lowest BCUT2D eigenvalue weighted by Gasteiger charge is -2.17. The van der Waals surface area contributed by atoms with Crippen molar-refractivity contribution in [1.82, 2.24) is 4.98 Å². The molecule has 1 fully saturated rings. The molecule has 1 unspecified atom stereocenters. The van der Waals surface area contributed by atoms with Gasteiger partial charge in [0, 0.05) is 35.5 Å². The van der Waals surface area contributed by atoms with Crippen LogP contribution in [-0.4, -0.2) is 31.6 Å². The number of nitrogen functional groups attached to an aromatic ring is 1. The molecule has 0 aliphatic carbocycles. The third kappa shape index (κ3) is 3.69. The summed E-state index contributed by atoms with van der Waals surface area (Å²) >= 11 is 1.37. The maximum Gasteiger partial charge on any atom is 0.227 e. The van der Waals surface area contributed by atoms with Gasteiger partial charge < -0.3 is 10.6 Å². The van der Waals surface area contributed by atoms with Crippen LogP contribution < -0.4 is 15.8 Å². The fraction of sp³-hybridized carbons (Fsp3) is 0.286. The van der Waals surface area contributed by atoms with Crippen LogP contribution in [0, 0.1) is 5.92 Å². The summed E-state index contributed by atoms with van der Waals surface area (Å²) in [5.41, 5.74) is 8.06. The molecule has 0 bridgehead atoms. The van der Waals surface area contributed by atoms with E-state index in [-0.39, 0.29) is 24.0 Å². The van der Waals surface area contributed by atoms with Gasteiger partial charge in [-0.3, -0.25) is 4.79 Å². The number of primary sulfonamides is 1. The molecule has 3 rings (SSSR count). The molecule has 23 heavy (non-hydrogen) atoms. The minimum absolute atomic E-state index is 0.0932. The van der Waals surface area contributed by atoms with Gasteiger partial charge in [-0.1, -0.05) is 12.1 Å². The van der Waals surface area contributed by atoms with E-state index in [4.69, 9.17) is 10.9 Å². The highest BCUT2D eigenvalue weighted by atomic mass is 32.2. The first-order valence-electron chi connectivity index (χ1n) is 6.94. The number of sulfonamides is 1. The average molecular weight is 352 g/mol. The number of hydrogen-bond donors (Lipinski definition) is 2. The summed E-state index contributed by atoms with van der Waals surface area (Å²) in [5, 5.41) is 7.43. The zero-order valence-electron chi connectivity index (χ0n) is 12.2. The molecule has 2 heterocycles. The fourth-order valence-corrected chi connectivity index (χ4v) is 4.16. The molecule has 4 N–H and O–H groups in total. The van der Waals surface area contributed by atoms with Crippen molar-refractivity contribution in [2.45, 2.75) is 6.42 Å².